The van der Waals surface area contributed by atoms with Gasteiger partial charge in [-0.1, -0.05) is 6.92 Å². The fourth-order valence-corrected chi connectivity index (χ4v) is 1.56. The molecule has 0 fully saturated rings. The Labute approximate surface area is 105 Å². The lowest BCUT2D eigenvalue weighted by Gasteiger charge is -2.10. The Bertz CT molecular complexity index is 470. The molecule has 6 heteroatoms. The first kappa shape index (κ1) is 14.0. The summed E-state index contributed by atoms with van der Waals surface area (Å²) in [6.07, 6.45) is 0.360. The first-order chi connectivity index (χ1) is 8.53. The van der Waals surface area contributed by atoms with Gasteiger partial charge in [0.25, 0.3) is 5.69 Å². The number of hydrogen-bond donors (Lipinski definition) is 0. The molecule has 0 spiro atoms. The zero-order valence-electron chi connectivity index (χ0n) is 10.6. The van der Waals surface area contributed by atoms with Gasteiger partial charge < -0.3 is 9.47 Å². The van der Waals surface area contributed by atoms with Gasteiger partial charge in [-0.3, -0.25) is 14.9 Å². The highest BCUT2D eigenvalue weighted by atomic mass is 16.6. The van der Waals surface area contributed by atoms with Crippen molar-refractivity contribution in [1.29, 1.82) is 0 Å². The van der Waals surface area contributed by atoms with Crippen LogP contribution in [-0.2, 0) is 11.2 Å². The van der Waals surface area contributed by atoms with E-state index in [0.29, 0.717) is 17.7 Å². The number of nitro benzene ring substituents is 1. The summed E-state index contributed by atoms with van der Waals surface area (Å²) in [6.45, 7) is 1.72. The molecule has 0 aromatic heterocycles. The van der Waals surface area contributed by atoms with Crippen molar-refractivity contribution in [1.82, 2.24) is 0 Å². The average molecular weight is 253 g/mol. The number of carbonyl (C=O) groups excluding carboxylic acids is 1. The Morgan fingerprint density at radius 1 is 1.28 bits per heavy atom. The van der Waals surface area contributed by atoms with Crippen LogP contribution >= 0.6 is 0 Å². The molecular formula is C12H15NO5. The summed E-state index contributed by atoms with van der Waals surface area (Å²) in [4.78, 5) is 21.8. The molecule has 0 aliphatic carbocycles. The number of ketones is 1. The molecule has 0 amide bonds. The summed E-state index contributed by atoms with van der Waals surface area (Å²) in [5.41, 5.74) is 0.207. The van der Waals surface area contributed by atoms with Crippen LogP contribution in [0.1, 0.15) is 18.9 Å². The zero-order valence-corrected chi connectivity index (χ0v) is 10.6. The van der Waals surface area contributed by atoms with Gasteiger partial charge in [0.1, 0.15) is 5.78 Å². The molecule has 0 saturated carbocycles. The maximum Gasteiger partial charge on any atom is 0.277 e. The number of rotatable bonds is 6. The summed E-state index contributed by atoms with van der Waals surface area (Å²) in [7, 11) is 2.84. The second-order valence-electron chi connectivity index (χ2n) is 3.66. The third-order valence-electron chi connectivity index (χ3n) is 2.56. The van der Waals surface area contributed by atoms with E-state index in [1.807, 2.05) is 0 Å². The van der Waals surface area contributed by atoms with Crippen molar-refractivity contribution in [3.63, 3.8) is 0 Å². The summed E-state index contributed by atoms with van der Waals surface area (Å²) >= 11 is 0. The number of nitro groups is 1. The standard InChI is InChI=1S/C12H15NO5/c1-4-9(14)5-8-6-11(17-2)12(18-3)7-10(8)13(15)16/h6-7H,4-5H2,1-3H3. The highest BCUT2D eigenvalue weighted by Crippen LogP contribution is 2.34. The molecule has 0 atom stereocenters. The summed E-state index contributed by atoms with van der Waals surface area (Å²) < 4.78 is 10.1. The molecule has 0 radical (unpaired) electrons. The Hall–Kier alpha value is -2.11. The minimum Gasteiger partial charge on any atom is -0.493 e. The summed E-state index contributed by atoms with van der Waals surface area (Å²) in [6, 6.07) is 2.75. The number of Topliss-reactive ketones (excluding diaryl/α,β-unsaturated/α-hetero) is 1. The van der Waals surface area contributed by atoms with E-state index in [9.17, 15) is 14.9 Å². The van der Waals surface area contributed by atoms with Gasteiger partial charge in [-0.2, -0.15) is 0 Å². The van der Waals surface area contributed by atoms with Crippen LogP contribution in [0.5, 0.6) is 11.5 Å². The number of nitrogens with zero attached hydrogens (tertiary/aromatic N) is 1. The topological polar surface area (TPSA) is 78.7 Å². The van der Waals surface area contributed by atoms with E-state index < -0.39 is 4.92 Å². The molecule has 0 N–H and O–H groups in total. The van der Waals surface area contributed by atoms with Gasteiger partial charge in [0.2, 0.25) is 0 Å². The van der Waals surface area contributed by atoms with Crippen LogP contribution in [-0.4, -0.2) is 24.9 Å². The van der Waals surface area contributed by atoms with Crippen LogP contribution in [0.15, 0.2) is 12.1 Å². The number of methoxy groups -OCH3 is 2. The maximum atomic E-state index is 11.4. The van der Waals surface area contributed by atoms with Crippen molar-refractivity contribution < 1.29 is 19.2 Å². The summed E-state index contributed by atoms with van der Waals surface area (Å²) in [5.74, 6) is 0.587. The molecule has 1 aromatic rings. The molecule has 0 aliphatic heterocycles. The SMILES string of the molecule is CCC(=O)Cc1cc(OC)c(OC)cc1[N+](=O)[O-]. The van der Waals surface area contributed by atoms with Crippen molar-refractivity contribution >= 4 is 11.5 Å². The Kier molecular flexibility index (Phi) is 4.65. The second-order valence-corrected chi connectivity index (χ2v) is 3.66. The van der Waals surface area contributed by atoms with Crippen LogP contribution in [0, 0.1) is 10.1 Å². The fraction of sp³-hybridized carbons (Fsp3) is 0.417. The number of carbonyl (C=O) groups is 1. The van der Waals surface area contributed by atoms with E-state index >= 15 is 0 Å². The molecule has 1 rings (SSSR count). The molecule has 0 bridgehead atoms. The van der Waals surface area contributed by atoms with E-state index in [1.54, 1.807) is 6.92 Å². The molecule has 98 valence electrons. The number of benzene rings is 1. The van der Waals surface area contributed by atoms with E-state index in [1.165, 1.54) is 26.4 Å². The smallest absolute Gasteiger partial charge is 0.277 e. The Balaban J connectivity index is 3.28. The van der Waals surface area contributed by atoms with Crippen LogP contribution in [0.2, 0.25) is 0 Å². The molecular weight excluding hydrogens is 238 g/mol. The van der Waals surface area contributed by atoms with Crippen molar-refractivity contribution in [2.24, 2.45) is 0 Å². The van der Waals surface area contributed by atoms with Crippen LogP contribution in [0.3, 0.4) is 0 Å². The summed E-state index contributed by atoms with van der Waals surface area (Å²) in [5, 5.41) is 11.0. The third kappa shape index (κ3) is 2.97. The predicted octanol–water partition coefficient (Wildman–Crippen LogP) is 2.13. The number of hydrogen-bond acceptors (Lipinski definition) is 5. The molecule has 0 saturated heterocycles. The first-order valence-electron chi connectivity index (χ1n) is 5.44. The molecule has 0 aliphatic rings. The fourth-order valence-electron chi connectivity index (χ4n) is 1.56. The van der Waals surface area contributed by atoms with Crippen LogP contribution in [0.4, 0.5) is 5.69 Å². The normalized spacial score (nSPS) is 9.94. The van der Waals surface area contributed by atoms with Gasteiger partial charge in [-0.25, -0.2) is 0 Å². The molecule has 0 unspecified atom stereocenters. The van der Waals surface area contributed by atoms with Gasteiger partial charge in [0.05, 0.1) is 25.2 Å². The van der Waals surface area contributed by atoms with E-state index in [2.05, 4.69) is 0 Å². The van der Waals surface area contributed by atoms with Crippen molar-refractivity contribution in [2.75, 3.05) is 14.2 Å². The van der Waals surface area contributed by atoms with Crippen molar-refractivity contribution in [3.05, 3.63) is 27.8 Å². The molecule has 1 aromatic carbocycles. The lowest BCUT2D eigenvalue weighted by atomic mass is 10.0. The highest BCUT2D eigenvalue weighted by Gasteiger charge is 2.20. The van der Waals surface area contributed by atoms with E-state index in [0.717, 1.165) is 0 Å². The van der Waals surface area contributed by atoms with E-state index in [4.69, 9.17) is 9.47 Å². The average Bonchev–Trinajstić information content (AvgIpc) is 2.37. The molecule has 6 nitrogen and oxygen atoms in total. The third-order valence-corrected chi connectivity index (χ3v) is 2.56. The van der Waals surface area contributed by atoms with Gasteiger partial charge in [-0.15, -0.1) is 0 Å². The van der Waals surface area contributed by atoms with Crippen molar-refractivity contribution in [3.8, 4) is 11.5 Å². The highest BCUT2D eigenvalue weighted by molar-refractivity contribution is 5.82. The first-order valence-corrected chi connectivity index (χ1v) is 5.44. The lowest BCUT2D eigenvalue weighted by Crippen LogP contribution is -2.05. The minimum absolute atomic E-state index is 0.0210. The van der Waals surface area contributed by atoms with Crippen LogP contribution < -0.4 is 9.47 Å². The monoisotopic (exact) mass is 253 g/mol. The maximum absolute atomic E-state index is 11.4. The molecule has 18 heavy (non-hydrogen) atoms. The van der Waals surface area contributed by atoms with Gasteiger partial charge >= 0.3 is 0 Å². The Morgan fingerprint density at radius 3 is 2.28 bits per heavy atom. The van der Waals surface area contributed by atoms with Crippen molar-refractivity contribution in [2.45, 2.75) is 19.8 Å². The van der Waals surface area contributed by atoms with Gasteiger partial charge in [0.15, 0.2) is 11.5 Å². The van der Waals surface area contributed by atoms with Gasteiger partial charge in [0, 0.05) is 18.4 Å². The largest absolute Gasteiger partial charge is 0.493 e. The zero-order chi connectivity index (χ0) is 13.7. The molecule has 0 heterocycles. The van der Waals surface area contributed by atoms with Gasteiger partial charge in [-0.05, 0) is 6.07 Å². The predicted molar refractivity (Wildman–Crippen MR) is 65.2 cm³/mol. The minimum atomic E-state index is -0.528. The second kappa shape index (κ2) is 6.00. The lowest BCUT2D eigenvalue weighted by molar-refractivity contribution is -0.385. The number of ether oxygens (including phenoxy) is 2. The quantitative estimate of drug-likeness (QED) is 0.573. The van der Waals surface area contributed by atoms with E-state index in [-0.39, 0.29) is 23.6 Å². The Morgan fingerprint density at radius 2 is 1.83 bits per heavy atom. The van der Waals surface area contributed by atoms with Crippen LogP contribution in [0.25, 0.3) is 0 Å².